The number of hydrogen-bond donors (Lipinski definition) is 4. The predicted octanol–water partition coefficient (Wildman–Crippen LogP) is -1.16. The minimum atomic E-state index is -1.17. The van der Waals surface area contributed by atoms with Crippen molar-refractivity contribution in [2.75, 3.05) is 12.3 Å². The van der Waals surface area contributed by atoms with Gasteiger partial charge in [0.15, 0.2) is 11.3 Å². The Morgan fingerprint density at radius 3 is 2.87 bits per heavy atom. The summed E-state index contributed by atoms with van der Waals surface area (Å²) in [5.74, 6) is -0.546. The summed E-state index contributed by atoms with van der Waals surface area (Å²) in [5, 5.41) is 15.3. The fourth-order valence-electron chi connectivity index (χ4n) is 1.29. The van der Waals surface area contributed by atoms with E-state index >= 15 is 0 Å². The minimum absolute atomic E-state index is 0.0574. The number of nitrogen functional groups attached to an aromatic ring is 1. The number of rotatable bonds is 3. The van der Waals surface area contributed by atoms with Gasteiger partial charge in [0.2, 0.25) is 0 Å². The quantitative estimate of drug-likeness (QED) is 0.504. The zero-order chi connectivity index (χ0) is 11.0. The van der Waals surface area contributed by atoms with Crippen molar-refractivity contribution >= 4 is 17.3 Å². The third kappa shape index (κ3) is 1.40. The molecule has 2 heterocycles. The number of hydrogen-bond acceptors (Lipinski definition) is 5. The smallest absolute Gasteiger partial charge is 0.358 e. The number of nitrogens with one attached hydrogen (secondary N) is 1. The third-order valence-electron chi connectivity index (χ3n) is 1.96. The molecule has 15 heavy (non-hydrogen) atoms. The average molecular weight is 210 g/mol. The normalized spacial score (nSPS) is 11.0. The summed E-state index contributed by atoms with van der Waals surface area (Å²) in [5.41, 5.74) is 11.1. The van der Waals surface area contributed by atoms with E-state index in [2.05, 4.69) is 15.2 Å². The molecular weight excluding hydrogens is 200 g/mol. The number of aromatic carboxylic acids is 1. The van der Waals surface area contributed by atoms with Gasteiger partial charge < -0.3 is 16.6 Å². The van der Waals surface area contributed by atoms with Gasteiger partial charge in [-0.05, 0) is 6.54 Å². The molecule has 8 nitrogen and oxygen atoms in total. The minimum Gasteiger partial charge on any atom is -0.476 e. The van der Waals surface area contributed by atoms with Gasteiger partial charge >= 0.3 is 5.97 Å². The van der Waals surface area contributed by atoms with Crippen LogP contribution in [-0.2, 0) is 6.42 Å². The molecular formula is C7H10N6O2. The first-order valence-corrected chi connectivity index (χ1v) is 4.30. The molecule has 80 valence electrons. The molecule has 0 bridgehead atoms. The Bertz CT molecular complexity index is 513. The molecule has 6 N–H and O–H groups in total. The Labute approximate surface area is 83.9 Å². The van der Waals surface area contributed by atoms with E-state index in [4.69, 9.17) is 16.6 Å². The van der Waals surface area contributed by atoms with Crippen LogP contribution in [0.2, 0.25) is 0 Å². The number of anilines is 1. The van der Waals surface area contributed by atoms with Crippen molar-refractivity contribution in [3.63, 3.8) is 0 Å². The maximum Gasteiger partial charge on any atom is 0.358 e. The Balaban J connectivity index is 2.52. The van der Waals surface area contributed by atoms with Crippen LogP contribution in [0.1, 0.15) is 16.3 Å². The van der Waals surface area contributed by atoms with Gasteiger partial charge in [-0.15, -0.1) is 5.10 Å². The van der Waals surface area contributed by atoms with Crippen molar-refractivity contribution in [1.29, 1.82) is 0 Å². The van der Waals surface area contributed by atoms with Crippen molar-refractivity contribution < 1.29 is 9.90 Å². The summed E-state index contributed by atoms with van der Waals surface area (Å²) in [6, 6.07) is 0. The van der Waals surface area contributed by atoms with Gasteiger partial charge in [-0.3, -0.25) is 5.10 Å². The fourth-order valence-corrected chi connectivity index (χ4v) is 1.29. The zero-order valence-corrected chi connectivity index (χ0v) is 7.77. The van der Waals surface area contributed by atoms with Gasteiger partial charge in [-0.2, -0.15) is 4.63 Å². The number of aromatic amines is 1. The number of nitrogens with zero attached hydrogens (tertiary/aromatic N) is 3. The first kappa shape index (κ1) is 9.46. The molecule has 0 aliphatic heterocycles. The largest absolute Gasteiger partial charge is 0.476 e. The molecule has 0 atom stereocenters. The molecule has 0 aliphatic rings. The number of aromatic nitrogens is 4. The van der Waals surface area contributed by atoms with E-state index in [0.29, 0.717) is 24.4 Å². The molecule has 0 fully saturated rings. The second-order valence-electron chi connectivity index (χ2n) is 3.01. The van der Waals surface area contributed by atoms with Crippen LogP contribution >= 0.6 is 0 Å². The standard InChI is InChI=1S/C7H10N6O2/c8-2-1-3-10-6-4(9)5(7(14)15)12-13(6)11-3/h1-2,8-9H2,(H,10,11)(H,14,15). The molecule has 0 saturated heterocycles. The number of nitrogens with two attached hydrogens (primary N) is 2. The Morgan fingerprint density at radius 2 is 2.33 bits per heavy atom. The topological polar surface area (TPSA) is 135 Å². The lowest BCUT2D eigenvalue weighted by Gasteiger charge is -1.90. The van der Waals surface area contributed by atoms with Crippen LogP contribution < -0.4 is 11.5 Å². The van der Waals surface area contributed by atoms with E-state index < -0.39 is 5.97 Å². The lowest BCUT2D eigenvalue weighted by Crippen LogP contribution is -2.06. The van der Waals surface area contributed by atoms with Gasteiger partial charge in [0, 0.05) is 6.42 Å². The van der Waals surface area contributed by atoms with Crippen LogP contribution in [0, 0.1) is 0 Å². The number of H-pyrrole nitrogens is 1. The summed E-state index contributed by atoms with van der Waals surface area (Å²) in [6.07, 6.45) is 0.561. The molecule has 2 aromatic rings. The average Bonchev–Trinajstić information content (AvgIpc) is 2.67. The number of carboxylic acid groups (broad SMARTS) is 1. The molecule has 0 aromatic carbocycles. The van der Waals surface area contributed by atoms with Gasteiger partial charge in [0.05, 0.1) is 0 Å². The van der Waals surface area contributed by atoms with Gasteiger partial charge in [0.25, 0.3) is 0 Å². The summed E-state index contributed by atoms with van der Waals surface area (Å²) in [6.45, 7) is 0.447. The second kappa shape index (κ2) is 3.24. The van der Waals surface area contributed by atoms with Crippen molar-refractivity contribution in [3.05, 3.63) is 11.5 Å². The SMILES string of the molecule is NCCc1nc2c(N)c(C(=O)O)nn2[nH]1. The lowest BCUT2D eigenvalue weighted by molar-refractivity contribution is 0.0691. The maximum absolute atomic E-state index is 10.7. The number of carbonyl (C=O) groups is 1. The van der Waals surface area contributed by atoms with Gasteiger partial charge in [-0.1, -0.05) is 0 Å². The number of fused-ring (bicyclic) bond motifs is 1. The number of carboxylic acids is 1. The highest BCUT2D eigenvalue weighted by Gasteiger charge is 2.18. The monoisotopic (exact) mass is 210 g/mol. The van der Waals surface area contributed by atoms with E-state index in [1.807, 2.05) is 0 Å². The summed E-state index contributed by atoms with van der Waals surface area (Å²) in [7, 11) is 0. The summed E-state index contributed by atoms with van der Waals surface area (Å²) >= 11 is 0. The third-order valence-corrected chi connectivity index (χ3v) is 1.96. The van der Waals surface area contributed by atoms with Crippen LogP contribution in [0.3, 0.4) is 0 Å². The highest BCUT2D eigenvalue weighted by Crippen LogP contribution is 2.16. The summed E-state index contributed by atoms with van der Waals surface area (Å²) < 4.78 is 1.24. The summed E-state index contributed by atoms with van der Waals surface area (Å²) in [4.78, 5) is 14.8. The molecule has 0 radical (unpaired) electrons. The van der Waals surface area contributed by atoms with Crippen molar-refractivity contribution in [2.45, 2.75) is 6.42 Å². The molecule has 0 unspecified atom stereocenters. The van der Waals surface area contributed by atoms with E-state index in [1.165, 1.54) is 4.63 Å². The van der Waals surface area contributed by atoms with Gasteiger partial charge in [0.1, 0.15) is 11.5 Å². The Hall–Kier alpha value is -2.09. The van der Waals surface area contributed by atoms with Crippen LogP contribution in [-0.4, -0.2) is 37.4 Å². The molecule has 2 rings (SSSR count). The predicted molar refractivity (Wildman–Crippen MR) is 51.5 cm³/mol. The van der Waals surface area contributed by atoms with E-state index in [-0.39, 0.29) is 11.4 Å². The molecule has 0 amide bonds. The lowest BCUT2D eigenvalue weighted by atomic mass is 10.4. The zero-order valence-electron chi connectivity index (χ0n) is 7.77. The molecule has 8 heteroatoms. The molecule has 2 aromatic heterocycles. The maximum atomic E-state index is 10.7. The van der Waals surface area contributed by atoms with E-state index in [1.54, 1.807) is 0 Å². The van der Waals surface area contributed by atoms with Crippen molar-refractivity contribution in [1.82, 2.24) is 19.8 Å². The van der Waals surface area contributed by atoms with E-state index in [0.717, 1.165) is 0 Å². The van der Waals surface area contributed by atoms with Crippen LogP contribution in [0.4, 0.5) is 5.69 Å². The molecule has 0 spiro atoms. The Kier molecular flexibility index (Phi) is 2.05. The highest BCUT2D eigenvalue weighted by molar-refractivity contribution is 5.95. The molecule has 0 saturated carbocycles. The van der Waals surface area contributed by atoms with Crippen LogP contribution in [0.15, 0.2) is 0 Å². The van der Waals surface area contributed by atoms with Crippen LogP contribution in [0.25, 0.3) is 5.65 Å². The fraction of sp³-hybridized carbons (Fsp3) is 0.286. The van der Waals surface area contributed by atoms with E-state index in [9.17, 15) is 4.79 Å². The first-order chi connectivity index (χ1) is 7.13. The van der Waals surface area contributed by atoms with Crippen molar-refractivity contribution in [2.24, 2.45) is 5.73 Å². The first-order valence-electron chi connectivity index (χ1n) is 4.30. The van der Waals surface area contributed by atoms with Gasteiger partial charge in [-0.25, -0.2) is 9.78 Å². The Morgan fingerprint density at radius 1 is 1.60 bits per heavy atom. The van der Waals surface area contributed by atoms with Crippen LogP contribution in [0.5, 0.6) is 0 Å². The molecule has 0 aliphatic carbocycles. The second-order valence-corrected chi connectivity index (χ2v) is 3.01. The highest BCUT2D eigenvalue weighted by atomic mass is 16.4. The van der Waals surface area contributed by atoms with Crippen molar-refractivity contribution in [3.8, 4) is 0 Å².